The van der Waals surface area contributed by atoms with Gasteiger partial charge in [0.25, 0.3) is 11.5 Å². The van der Waals surface area contributed by atoms with Gasteiger partial charge in [-0.1, -0.05) is 41.1 Å². The lowest BCUT2D eigenvalue weighted by molar-refractivity contribution is -0.118. The lowest BCUT2D eigenvalue weighted by Gasteiger charge is -2.17. The maximum absolute atomic E-state index is 13.9. The summed E-state index contributed by atoms with van der Waals surface area (Å²) in [5, 5.41) is 7.48. The number of halogens is 2. The summed E-state index contributed by atoms with van der Waals surface area (Å²) >= 11 is 3.42. The third kappa shape index (κ3) is 7.26. The van der Waals surface area contributed by atoms with Gasteiger partial charge in [0.1, 0.15) is 11.6 Å². The number of para-hydroxylation sites is 1. The van der Waals surface area contributed by atoms with Crippen molar-refractivity contribution in [2.45, 2.75) is 33.1 Å². The molecule has 0 unspecified atom stereocenters. The molecule has 0 saturated heterocycles. The highest BCUT2D eigenvalue weighted by Crippen LogP contribution is 2.34. The summed E-state index contributed by atoms with van der Waals surface area (Å²) in [6, 6.07) is 14.8. The normalized spacial score (nSPS) is 11.1. The molecule has 41 heavy (non-hydrogen) atoms. The fourth-order valence-electron chi connectivity index (χ4n) is 4.20. The molecule has 4 aromatic rings. The minimum atomic E-state index is -0.540. The Bertz CT molecular complexity index is 1670. The zero-order valence-corrected chi connectivity index (χ0v) is 24.4. The molecular weight excluding hydrogens is 591 g/mol. The van der Waals surface area contributed by atoms with Gasteiger partial charge in [-0.05, 0) is 67.8 Å². The molecule has 1 N–H and O–H groups in total. The number of carbonyl (C=O) groups is 1. The number of carbonyl (C=O) groups excluding carboxylic acids is 1. The molecule has 0 aliphatic carbocycles. The number of hydrogen-bond donors (Lipinski definition) is 1. The quantitative estimate of drug-likeness (QED) is 0.149. The summed E-state index contributed by atoms with van der Waals surface area (Å²) in [7, 11) is 0. The molecule has 3 aromatic carbocycles. The molecule has 0 aliphatic heterocycles. The lowest BCUT2D eigenvalue weighted by Crippen LogP contribution is -2.22. The van der Waals surface area contributed by atoms with Crippen LogP contribution in [0.1, 0.15) is 37.2 Å². The van der Waals surface area contributed by atoms with E-state index < -0.39 is 11.7 Å². The highest BCUT2D eigenvalue weighted by atomic mass is 79.9. The lowest BCUT2D eigenvalue weighted by atomic mass is 10.1. The van der Waals surface area contributed by atoms with E-state index in [0.29, 0.717) is 58.8 Å². The Labute approximate surface area is 245 Å². The largest absolute Gasteiger partial charge is 0.490 e. The van der Waals surface area contributed by atoms with E-state index in [1.54, 1.807) is 42.6 Å². The van der Waals surface area contributed by atoms with Crippen LogP contribution < -0.4 is 20.3 Å². The average Bonchev–Trinajstić information content (AvgIpc) is 2.94. The molecule has 0 spiro atoms. The number of hydrogen-bond acceptors (Lipinski definition) is 6. The minimum absolute atomic E-state index is 0.0669. The van der Waals surface area contributed by atoms with Crippen molar-refractivity contribution in [2.75, 3.05) is 18.5 Å². The number of amides is 1. The third-order valence-corrected chi connectivity index (χ3v) is 6.48. The first-order chi connectivity index (χ1) is 19.8. The molecule has 212 valence electrons. The molecular formula is C31H30BrFN4O4. The van der Waals surface area contributed by atoms with E-state index in [0.717, 1.165) is 10.9 Å². The van der Waals surface area contributed by atoms with Gasteiger partial charge in [-0.25, -0.2) is 9.37 Å². The van der Waals surface area contributed by atoms with Gasteiger partial charge in [0, 0.05) is 16.5 Å². The maximum atomic E-state index is 13.9. The number of benzene rings is 3. The highest BCUT2D eigenvalue weighted by molar-refractivity contribution is 9.10. The summed E-state index contributed by atoms with van der Waals surface area (Å²) < 4.78 is 27.8. The van der Waals surface area contributed by atoms with Crippen molar-refractivity contribution < 1.29 is 18.7 Å². The van der Waals surface area contributed by atoms with Crippen LogP contribution in [0.2, 0.25) is 0 Å². The van der Waals surface area contributed by atoms with Crippen molar-refractivity contribution in [1.29, 1.82) is 0 Å². The van der Waals surface area contributed by atoms with Crippen LogP contribution in [0.15, 0.2) is 81.6 Å². The predicted octanol–water partition coefficient (Wildman–Crippen LogP) is 6.28. The van der Waals surface area contributed by atoms with Gasteiger partial charge in [0.05, 0.1) is 29.4 Å². The standard InChI is InChI=1S/C31H30BrFN4O4/c1-4-9-21-15-20(18-34-37-28(10-5-2)35-25-14-13-22(32)17-23(25)31(37)39)16-27(40-6-3)30(21)41-19-29(38)36-26-12-8-7-11-24(26)33/h4,7-8,11-18H,1,5-6,9-10,19H2,2-3H3,(H,36,38). The number of nitrogens with zero attached hydrogens (tertiary/aromatic N) is 3. The van der Waals surface area contributed by atoms with Gasteiger partial charge in [-0.3, -0.25) is 9.59 Å². The van der Waals surface area contributed by atoms with Gasteiger partial charge < -0.3 is 14.8 Å². The summed E-state index contributed by atoms with van der Waals surface area (Å²) in [5.74, 6) is 0.261. The van der Waals surface area contributed by atoms with Gasteiger partial charge in [-0.15, -0.1) is 6.58 Å². The van der Waals surface area contributed by atoms with E-state index in [4.69, 9.17) is 9.47 Å². The second kappa shape index (κ2) is 13.8. The fourth-order valence-corrected chi connectivity index (χ4v) is 4.56. The molecule has 1 aromatic heterocycles. The van der Waals surface area contributed by atoms with Crippen LogP contribution in [0.5, 0.6) is 11.5 Å². The number of ether oxygens (including phenoxy) is 2. The number of aryl methyl sites for hydroxylation is 1. The third-order valence-electron chi connectivity index (χ3n) is 5.98. The zero-order chi connectivity index (χ0) is 29.4. The van der Waals surface area contributed by atoms with Crippen LogP contribution in [-0.2, 0) is 17.6 Å². The minimum Gasteiger partial charge on any atom is -0.490 e. The molecule has 0 fully saturated rings. The molecule has 0 atom stereocenters. The van der Waals surface area contributed by atoms with E-state index in [-0.39, 0.29) is 17.9 Å². The average molecular weight is 622 g/mol. The van der Waals surface area contributed by atoms with Crippen LogP contribution in [0, 0.1) is 5.82 Å². The maximum Gasteiger partial charge on any atom is 0.282 e. The Morgan fingerprint density at radius 1 is 1.17 bits per heavy atom. The number of aromatic nitrogens is 2. The molecule has 0 saturated carbocycles. The van der Waals surface area contributed by atoms with E-state index in [2.05, 4.69) is 37.9 Å². The molecule has 8 nitrogen and oxygen atoms in total. The Morgan fingerprint density at radius 3 is 2.71 bits per heavy atom. The first-order valence-electron chi connectivity index (χ1n) is 13.2. The number of nitrogens with one attached hydrogen (secondary N) is 1. The second-order valence-corrected chi connectivity index (χ2v) is 9.97. The van der Waals surface area contributed by atoms with Gasteiger partial charge in [0.15, 0.2) is 18.1 Å². The van der Waals surface area contributed by atoms with Crippen molar-refractivity contribution in [2.24, 2.45) is 5.10 Å². The summed E-state index contributed by atoms with van der Waals surface area (Å²) in [4.78, 5) is 30.5. The molecule has 4 rings (SSSR count). The highest BCUT2D eigenvalue weighted by Gasteiger charge is 2.16. The van der Waals surface area contributed by atoms with Crippen molar-refractivity contribution in [3.8, 4) is 11.5 Å². The molecule has 0 radical (unpaired) electrons. The number of anilines is 1. The predicted molar refractivity (Wildman–Crippen MR) is 163 cm³/mol. The Morgan fingerprint density at radius 2 is 1.98 bits per heavy atom. The Kier molecular flexibility index (Phi) is 10.0. The van der Waals surface area contributed by atoms with E-state index >= 15 is 0 Å². The zero-order valence-electron chi connectivity index (χ0n) is 22.8. The van der Waals surface area contributed by atoms with E-state index in [1.165, 1.54) is 16.8 Å². The SMILES string of the molecule is C=CCc1cc(C=Nn2c(CCC)nc3ccc(Br)cc3c2=O)cc(OCC)c1OCC(=O)Nc1ccccc1F. The Hall–Kier alpha value is -4.31. The first kappa shape index (κ1) is 29.7. The summed E-state index contributed by atoms with van der Waals surface area (Å²) in [6.45, 7) is 7.65. The van der Waals surface area contributed by atoms with Crippen LogP contribution in [0.4, 0.5) is 10.1 Å². The summed E-state index contributed by atoms with van der Waals surface area (Å²) in [6.07, 6.45) is 5.05. The van der Waals surface area contributed by atoms with Crippen molar-refractivity contribution in [3.63, 3.8) is 0 Å². The van der Waals surface area contributed by atoms with Crippen molar-refractivity contribution in [3.05, 3.63) is 105 Å². The van der Waals surface area contributed by atoms with Crippen molar-refractivity contribution in [1.82, 2.24) is 9.66 Å². The number of allylic oxidation sites excluding steroid dienone is 1. The van der Waals surface area contributed by atoms with Crippen LogP contribution in [0.25, 0.3) is 10.9 Å². The molecule has 0 bridgehead atoms. The monoisotopic (exact) mass is 620 g/mol. The van der Waals surface area contributed by atoms with E-state index in [1.807, 2.05) is 26.0 Å². The van der Waals surface area contributed by atoms with Crippen LogP contribution in [-0.4, -0.2) is 35.0 Å². The van der Waals surface area contributed by atoms with Crippen molar-refractivity contribution >= 4 is 44.6 Å². The fraction of sp³-hybridized carbons (Fsp3) is 0.226. The second-order valence-electron chi connectivity index (χ2n) is 9.05. The van der Waals surface area contributed by atoms with Gasteiger partial charge in [-0.2, -0.15) is 9.78 Å². The molecule has 0 aliphatic rings. The summed E-state index contributed by atoms with van der Waals surface area (Å²) in [5.41, 5.74) is 1.76. The Balaban J connectivity index is 1.67. The number of fused-ring (bicyclic) bond motifs is 1. The topological polar surface area (TPSA) is 94.8 Å². The van der Waals surface area contributed by atoms with Crippen LogP contribution >= 0.6 is 15.9 Å². The smallest absolute Gasteiger partial charge is 0.282 e. The molecule has 1 heterocycles. The van der Waals surface area contributed by atoms with Gasteiger partial charge in [0.2, 0.25) is 0 Å². The first-order valence-corrected chi connectivity index (χ1v) is 14.0. The van der Waals surface area contributed by atoms with E-state index in [9.17, 15) is 14.0 Å². The van der Waals surface area contributed by atoms with Gasteiger partial charge >= 0.3 is 0 Å². The van der Waals surface area contributed by atoms with Crippen LogP contribution in [0.3, 0.4) is 0 Å². The number of rotatable bonds is 12. The molecule has 10 heteroatoms. The molecule has 1 amide bonds.